The second kappa shape index (κ2) is 22.5. The Hall–Kier alpha value is -11.1. The van der Waals surface area contributed by atoms with Crippen LogP contribution in [0.25, 0.3) is 61.5 Å². The summed E-state index contributed by atoms with van der Waals surface area (Å²) in [6, 6.07) is 105. The van der Waals surface area contributed by atoms with Crippen molar-refractivity contribution in [3.63, 3.8) is 0 Å². The Kier molecular flexibility index (Phi) is 13.7. The molecule has 13 aromatic rings. The molecule has 16 rings (SSSR count). The Labute approximate surface area is 541 Å². The van der Waals surface area contributed by atoms with Gasteiger partial charge in [0, 0.05) is 33.5 Å². The minimum Gasteiger partial charge on any atom is -0.310 e. The third-order valence-corrected chi connectivity index (χ3v) is 20.2. The van der Waals surface area contributed by atoms with Crippen molar-refractivity contribution in [2.45, 2.75) is 51.4 Å². The number of benzene rings is 13. The molecule has 0 aromatic heterocycles. The Morgan fingerprint density at radius 3 is 1.35 bits per heavy atom. The van der Waals surface area contributed by atoms with Crippen LogP contribution in [-0.4, -0.2) is 0 Å². The van der Waals surface area contributed by atoms with Gasteiger partial charge in [0.05, 0.1) is 22.2 Å². The maximum atomic E-state index is 4.14. The van der Waals surface area contributed by atoms with E-state index in [1.165, 1.54) is 111 Å². The van der Waals surface area contributed by atoms with Crippen LogP contribution < -0.4 is 9.80 Å². The molecule has 2 heteroatoms. The second-order valence-electron chi connectivity index (χ2n) is 25.4. The van der Waals surface area contributed by atoms with Crippen molar-refractivity contribution >= 4 is 73.4 Å². The second-order valence-corrected chi connectivity index (χ2v) is 25.4. The Morgan fingerprint density at radius 2 is 0.804 bits per heavy atom. The number of hydrogen-bond acceptors (Lipinski definition) is 2. The molecule has 0 saturated carbocycles. The number of nitrogens with zero attached hydrogens (tertiary/aromatic N) is 2. The normalized spacial score (nSPS) is 16.0. The molecule has 0 radical (unpaired) electrons. The topological polar surface area (TPSA) is 6.48 Å². The van der Waals surface area contributed by atoms with Gasteiger partial charge in [-0.2, -0.15) is 0 Å². The summed E-state index contributed by atoms with van der Waals surface area (Å²) in [6.07, 6.45) is 10.6. The van der Waals surface area contributed by atoms with E-state index in [4.69, 9.17) is 0 Å². The third kappa shape index (κ3) is 8.84. The minimum atomic E-state index is -0.598. The Bertz CT molecular complexity index is 5160. The average molecular weight is 1180 g/mol. The van der Waals surface area contributed by atoms with Crippen LogP contribution in [0.2, 0.25) is 0 Å². The molecule has 3 aliphatic rings. The van der Waals surface area contributed by atoms with Gasteiger partial charge >= 0.3 is 0 Å². The van der Waals surface area contributed by atoms with Crippen LogP contribution in [-0.2, 0) is 10.8 Å². The molecule has 2 unspecified atom stereocenters. The molecule has 3 aliphatic carbocycles. The van der Waals surface area contributed by atoms with Gasteiger partial charge < -0.3 is 9.80 Å². The predicted molar refractivity (Wildman–Crippen MR) is 391 cm³/mol. The first kappa shape index (κ1) is 56.2. The summed E-state index contributed by atoms with van der Waals surface area (Å²) in [4.78, 5) is 4.96. The van der Waals surface area contributed by atoms with Gasteiger partial charge in [-0.1, -0.05) is 267 Å². The van der Waals surface area contributed by atoms with E-state index >= 15 is 0 Å². The van der Waals surface area contributed by atoms with Gasteiger partial charge in [-0.25, -0.2) is 0 Å². The first-order chi connectivity index (χ1) is 45.1. The highest BCUT2D eigenvalue weighted by atomic mass is 15.1. The van der Waals surface area contributed by atoms with E-state index in [2.05, 4.69) is 342 Å². The first-order valence-corrected chi connectivity index (χ1v) is 32.3. The van der Waals surface area contributed by atoms with E-state index in [-0.39, 0.29) is 0 Å². The molecule has 440 valence electrons. The SMILES string of the molecule is C=Cc1ccc(C2(c3cc(C)ccc3C)C3=C(C=CCC3)c3ccc(N(c4ccc(-c5ccc(N(c6ccc7c(c6)C(c6ccc(C=C)cc6)(c6cc(C)ccc6C)c6ccccc6-7)c6cccc7ccccc67)cc5)cc4)c4cccc5ccccc45)cc32)cc1. The van der Waals surface area contributed by atoms with E-state index in [9.17, 15) is 0 Å². The lowest BCUT2D eigenvalue weighted by Gasteiger charge is -2.38. The Balaban J connectivity index is 0.831. The highest BCUT2D eigenvalue weighted by molar-refractivity contribution is 6.02. The number of anilines is 6. The lowest BCUT2D eigenvalue weighted by molar-refractivity contribution is 0.691. The number of hydrogen-bond donors (Lipinski definition) is 0. The zero-order valence-electron chi connectivity index (χ0n) is 52.6. The quantitative estimate of drug-likeness (QED) is 0.114. The summed E-state index contributed by atoms with van der Waals surface area (Å²) >= 11 is 0. The molecular formula is C90H70N2. The number of allylic oxidation sites excluding steroid dienone is 4. The standard InChI is InChI=1S/C90H70N2/c1-7-63-35-43-69(44-36-63)89(83-55-59(3)31-33-61(83)5)81-27-15-13-25-77(81)79-53-51-73(57-85(79)89)91(87-29-17-21-67-19-9-11-23-75(67)87)71-47-39-65(40-48-71)66-41-49-72(50-42-66)92(88-30-18-22-68-20-10-12-24-76(68)88)74-52-54-80-78-26-14-16-28-82(78)90(86(80)58-74,70-45-37-64(8-2)38-46-70)84-56-60(4)32-34-62(84)6/h7-15,17-27,29-58H,1-2,16,28H2,3-6H3. The summed E-state index contributed by atoms with van der Waals surface area (Å²) in [5.74, 6) is 0. The molecule has 0 fully saturated rings. The van der Waals surface area contributed by atoms with Crippen molar-refractivity contribution in [1.29, 1.82) is 0 Å². The van der Waals surface area contributed by atoms with E-state index in [0.717, 1.165) is 69.2 Å². The van der Waals surface area contributed by atoms with Crippen LogP contribution in [0.5, 0.6) is 0 Å². The summed E-state index contributed by atoms with van der Waals surface area (Å²) in [5, 5.41) is 4.77. The van der Waals surface area contributed by atoms with Crippen LogP contribution in [0.3, 0.4) is 0 Å². The lowest BCUT2D eigenvalue weighted by Crippen LogP contribution is -2.31. The zero-order valence-corrected chi connectivity index (χ0v) is 52.6. The fraction of sp³-hybridized carbons (Fsp3) is 0.0889. The van der Waals surface area contributed by atoms with Crippen LogP contribution in [0.1, 0.15) is 90.7 Å². The monoisotopic (exact) mass is 1180 g/mol. The number of rotatable bonds is 13. The molecule has 0 bridgehead atoms. The van der Waals surface area contributed by atoms with Crippen LogP contribution >= 0.6 is 0 Å². The fourth-order valence-electron chi connectivity index (χ4n) is 15.9. The predicted octanol–water partition coefficient (Wildman–Crippen LogP) is 23.9. The van der Waals surface area contributed by atoms with Crippen molar-refractivity contribution in [3.8, 4) is 22.3 Å². The molecule has 0 amide bonds. The van der Waals surface area contributed by atoms with E-state index in [0.29, 0.717) is 0 Å². The summed E-state index contributed by atoms with van der Waals surface area (Å²) < 4.78 is 0. The van der Waals surface area contributed by atoms with E-state index in [1.807, 2.05) is 12.2 Å². The zero-order chi connectivity index (χ0) is 62.2. The van der Waals surface area contributed by atoms with Crippen LogP contribution in [0, 0.1) is 27.7 Å². The highest BCUT2D eigenvalue weighted by Crippen LogP contribution is 2.61. The van der Waals surface area contributed by atoms with Crippen molar-refractivity contribution in [3.05, 3.63) is 388 Å². The molecule has 0 saturated heterocycles. The Morgan fingerprint density at radius 1 is 0.359 bits per heavy atom. The summed E-state index contributed by atoms with van der Waals surface area (Å²) in [5.41, 5.74) is 30.7. The highest BCUT2D eigenvalue weighted by Gasteiger charge is 2.50. The van der Waals surface area contributed by atoms with Crippen LogP contribution in [0.4, 0.5) is 34.1 Å². The smallest absolute Gasteiger partial charge is 0.0716 e. The van der Waals surface area contributed by atoms with Crippen LogP contribution in [0.15, 0.2) is 310 Å². The van der Waals surface area contributed by atoms with Gasteiger partial charge in [-0.15, -0.1) is 0 Å². The van der Waals surface area contributed by atoms with Crippen molar-refractivity contribution in [2.24, 2.45) is 0 Å². The molecule has 92 heavy (non-hydrogen) atoms. The molecule has 0 spiro atoms. The first-order valence-electron chi connectivity index (χ1n) is 32.3. The van der Waals surface area contributed by atoms with Gasteiger partial charge in [0.15, 0.2) is 0 Å². The molecule has 13 aromatic carbocycles. The summed E-state index contributed by atoms with van der Waals surface area (Å²) in [7, 11) is 0. The van der Waals surface area contributed by atoms with Gasteiger partial charge in [0.2, 0.25) is 0 Å². The lowest BCUT2D eigenvalue weighted by atomic mass is 9.64. The number of aryl methyl sites for hydroxylation is 4. The van der Waals surface area contributed by atoms with Gasteiger partial charge in [0.1, 0.15) is 0 Å². The molecule has 0 heterocycles. The van der Waals surface area contributed by atoms with Crippen molar-refractivity contribution in [2.75, 3.05) is 9.80 Å². The fourth-order valence-corrected chi connectivity index (χ4v) is 15.9. The minimum absolute atomic E-state index is 0.513. The molecule has 2 atom stereocenters. The largest absolute Gasteiger partial charge is 0.310 e. The summed E-state index contributed by atoms with van der Waals surface area (Å²) in [6.45, 7) is 17.3. The van der Waals surface area contributed by atoms with Crippen molar-refractivity contribution < 1.29 is 0 Å². The third-order valence-electron chi connectivity index (χ3n) is 20.2. The number of fused-ring (bicyclic) bond motifs is 7. The molecule has 0 aliphatic heterocycles. The molecule has 0 N–H and O–H groups in total. The van der Waals surface area contributed by atoms with E-state index < -0.39 is 10.8 Å². The maximum Gasteiger partial charge on any atom is 0.0716 e. The maximum absolute atomic E-state index is 4.14. The van der Waals surface area contributed by atoms with E-state index in [1.54, 1.807) is 0 Å². The van der Waals surface area contributed by atoms with Gasteiger partial charge in [-0.3, -0.25) is 0 Å². The van der Waals surface area contributed by atoms with Gasteiger partial charge in [-0.05, 0) is 212 Å². The van der Waals surface area contributed by atoms with Crippen molar-refractivity contribution in [1.82, 2.24) is 0 Å². The average Bonchev–Trinajstić information content (AvgIpc) is 1.52. The molecular weight excluding hydrogens is 1110 g/mol. The van der Waals surface area contributed by atoms with Gasteiger partial charge in [0.25, 0.3) is 0 Å². The molecule has 2 nitrogen and oxygen atoms in total.